The molecule has 0 aromatic carbocycles. The maximum Gasteiger partial charge on any atom is 0.306 e. The Hall–Kier alpha value is -3.41. The fraction of sp³-hybridized carbons (Fsp3) is 0.717. The van der Waals surface area contributed by atoms with E-state index in [0.29, 0.717) is 19.3 Å². The lowest BCUT2D eigenvalue weighted by Crippen LogP contribution is -2.30. The van der Waals surface area contributed by atoms with E-state index in [2.05, 4.69) is 45.1 Å². The highest BCUT2D eigenvalue weighted by molar-refractivity contribution is 5.71. The van der Waals surface area contributed by atoms with Crippen LogP contribution < -0.4 is 0 Å². The summed E-state index contributed by atoms with van der Waals surface area (Å²) in [6, 6.07) is 0. The molecule has 0 N–H and O–H groups in total. The lowest BCUT2D eigenvalue weighted by atomic mass is 10.0. The molecule has 0 bridgehead atoms. The topological polar surface area (TPSA) is 78.9 Å². The zero-order valence-corrected chi connectivity index (χ0v) is 43.2. The van der Waals surface area contributed by atoms with Crippen molar-refractivity contribution in [2.45, 2.75) is 264 Å². The Morgan fingerprint density at radius 3 is 0.985 bits per heavy atom. The monoisotopic (exact) mass is 919 g/mol. The first-order valence-electron chi connectivity index (χ1n) is 27.7. The smallest absolute Gasteiger partial charge is 0.306 e. The molecule has 0 saturated heterocycles. The quantitative estimate of drug-likeness (QED) is 0.0199. The standard InChI is InChI=1S/C60H102O6/c1-4-7-10-13-16-19-22-25-27-29-31-32-35-38-41-44-47-50-53-59(62)65-56-57(55-64-58(61)52-49-46-43-40-37-34-24-21-18-15-12-9-6-3)66-60(63)54-51-48-45-42-39-36-33-30-28-26-23-20-17-14-11-8-5-2/h8,11,14,17,20,23,26,28,30-33,36,39,57H,4-7,9-10,12-13,15-16,18-19,21-22,24-25,27,29,34-35,37-38,40-56H2,1-3H3/b11-8-,17-14-,23-20-,28-26-,32-31-,33-30+,39-36-. The van der Waals surface area contributed by atoms with Gasteiger partial charge in [0.1, 0.15) is 13.2 Å². The minimum Gasteiger partial charge on any atom is -0.462 e. The van der Waals surface area contributed by atoms with Crippen molar-refractivity contribution in [3.63, 3.8) is 0 Å². The van der Waals surface area contributed by atoms with Crippen LogP contribution in [0.4, 0.5) is 0 Å². The largest absolute Gasteiger partial charge is 0.462 e. The highest BCUT2D eigenvalue weighted by atomic mass is 16.6. The minimum atomic E-state index is -0.802. The summed E-state index contributed by atoms with van der Waals surface area (Å²) in [5.41, 5.74) is 0. The van der Waals surface area contributed by atoms with E-state index in [1.165, 1.54) is 141 Å². The van der Waals surface area contributed by atoms with Gasteiger partial charge >= 0.3 is 17.9 Å². The Labute approximate surface area is 407 Å². The van der Waals surface area contributed by atoms with E-state index < -0.39 is 6.10 Å². The van der Waals surface area contributed by atoms with Crippen LogP contribution in [-0.4, -0.2) is 37.2 Å². The van der Waals surface area contributed by atoms with Crippen LogP contribution in [0.25, 0.3) is 0 Å². The fourth-order valence-corrected chi connectivity index (χ4v) is 7.65. The van der Waals surface area contributed by atoms with E-state index in [0.717, 1.165) is 70.6 Å². The van der Waals surface area contributed by atoms with Crippen molar-refractivity contribution in [2.24, 2.45) is 0 Å². The molecule has 0 saturated carbocycles. The predicted molar refractivity (Wildman–Crippen MR) is 284 cm³/mol. The Bertz CT molecular complexity index is 1290. The van der Waals surface area contributed by atoms with Gasteiger partial charge in [0.15, 0.2) is 6.10 Å². The molecule has 0 spiro atoms. The number of carbonyl (C=O) groups is 3. The number of ether oxygens (including phenoxy) is 3. The average Bonchev–Trinajstić information content (AvgIpc) is 3.31. The van der Waals surface area contributed by atoms with Gasteiger partial charge in [0, 0.05) is 19.3 Å². The molecule has 0 rings (SSSR count). The normalized spacial score (nSPS) is 12.7. The van der Waals surface area contributed by atoms with Gasteiger partial charge in [-0.2, -0.15) is 0 Å². The first-order valence-corrected chi connectivity index (χ1v) is 27.7. The van der Waals surface area contributed by atoms with Crippen molar-refractivity contribution in [2.75, 3.05) is 13.2 Å². The van der Waals surface area contributed by atoms with E-state index in [1.54, 1.807) is 0 Å². The van der Waals surface area contributed by atoms with Crippen LogP contribution in [-0.2, 0) is 28.6 Å². The molecule has 0 fully saturated rings. The molecule has 0 aliphatic heterocycles. The van der Waals surface area contributed by atoms with E-state index >= 15 is 0 Å². The summed E-state index contributed by atoms with van der Waals surface area (Å²) in [6.45, 7) is 6.46. The zero-order valence-electron chi connectivity index (χ0n) is 43.2. The molecule has 0 radical (unpaired) electrons. The number of rotatable bonds is 49. The Kier molecular flexibility index (Phi) is 51.4. The second kappa shape index (κ2) is 54.2. The summed E-state index contributed by atoms with van der Waals surface area (Å²) in [7, 11) is 0. The summed E-state index contributed by atoms with van der Waals surface area (Å²) in [6.07, 6.45) is 69.9. The average molecular weight is 919 g/mol. The molecule has 66 heavy (non-hydrogen) atoms. The summed E-state index contributed by atoms with van der Waals surface area (Å²) in [4.78, 5) is 38.1. The first kappa shape index (κ1) is 62.6. The summed E-state index contributed by atoms with van der Waals surface area (Å²) in [5.74, 6) is -0.943. The summed E-state index contributed by atoms with van der Waals surface area (Å²) in [5, 5.41) is 0. The number of esters is 3. The van der Waals surface area contributed by atoms with Crippen LogP contribution in [0, 0.1) is 0 Å². The van der Waals surface area contributed by atoms with E-state index in [4.69, 9.17) is 14.2 Å². The van der Waals surface area contributed by atoms with Crippen LogP contribution in [0.2, 0.25) is 0 Å². The van der Waals surface area contributed by atoms with Crippen molar-refractivity contribution in [1.82, 2.24) is 0 Å². The lowest BCUT2D eigenvalue weighted by molar-refractivity contribution is -0.167. The highest BCUT2D eigenvalue weighted by Gasteiger charge is 2.19. The molecule has 6 nitrogen and oxygen atoms in total. The number of hydrogen-bond donors (Lipinski definition) is 0. The third-order valence-electron chi connectivity index (χ3n) is 11.8. The second-order valence-corrected chi connectivity index (χ2v) is 18.3. The van der Waals surface area contributed by atoms with Gasteiger partial charge in [-0.25, -0.2) is 0 Å². The molecule has 6 heteroatoms. The Balaban J connectivity index is 4.47. The predicted octanol–water partition coefficient (Wildman–Crippen LogP) is 18.4. The first-order chi connectivity index (χ1) is 32.5. The van der Waals surface area contributed by atoms with Gasteiger partial charge in [-0.15, -0.1) is 0 Å². The van der Waals surface area contributed by atoms with E-state index in [9.17, 15) is 14.4 Å². The summed E-state index contributed by atoms with van der Waals surface area (Å²) >= 11 is 0. The SMILES string of the molecule is CC\C=C/C=C\C=C/C=C\C=C\C=C/CCCCCC(=O)OC(COC(=O)CCCCCCC/C=C\CCCCCCCCCCC)COC(=O)CCCCCCCCCCCCCCC. The van der Waals surface area contributed by atoms with Gasteiger partial charge in [-0.3, -0.25) is 14.4 Å². The molecular formula is C60H102O6. The van der Waals surface area contributed by atoms with Crippen molar-refractivity contribution in [3.8, 4) is 0 Å². The van der Waals surface area contributed by atoms with Gasteiger partial charge in [-0.1, -0.05) is 260 Å². The van der Waals surface area contributed by atoms with Crippen molar-refractivity contribution in [3.05, 3.63) is 85.1 Å². The maximum absolute atomic E-state index is 12.8. The number of unbranched alkanes of at least 4 members (excludes halogenated alkanes) is 29. The van der Waals surface area contributed by atoms with Crippen molar-refractivity contribution < 1.29 is 28.6 Å². The van der Waals surface area contributed by atoms with Crippen LogP contribution in [0.15, 0.2) is 85.1 Å². The zero-order chi connectivity index (χ0) is 47.9. The van der Waals surface area contributed by atoms with Crippen LogP contribution in [0.1, 0.15) is 258 Å². The molecular weight excluding hydrogens is 817 g/mol. The third kappa shape index (κ3) is 51.6. The fourth-order valence-electron chi connectivity index (χ4n) is 7.65. The molecule has 0 amide bonds. The van der Waals surface area contributed by atoms with Crippen LogP contribution in [0.3, 0.4) is 0 Å². The van der Waals surface area contributed by atoms with Gasteiger partial charge in [0.25, 0.3) is 0 Å². The highest BCUT2D eigenvalue weighted by Crippen LogP contribution is 2.15. The molecule has 0 aromatic heterocycles. The number of hydrogen-bond acceptors (Lipinski definition) is 6. The maximum atomic E-state index is 12.8. The number of allylic oxidation sites excluding steroid dienone is 14. The van der Waals surface area contributed by atoms with E-state index in [1.807, 2.05) is 60.8 Å². The van der Waals surface area contributed by atoms with Crippen molar-refractivity contribution >= 4 is 17.9 Å². The van der Waals surface area contributed by atoms with Gasteiger partial charge in [0.2, 0.25) is 0 Å². The molecule has 1 atom stereocenters. The van der Waals surface area contributed by atoms with Gasteiger partial charge < -0.3 is 14.2 Å². The number of carbonyl (C=O) groups excluding carboxylic acids is 3. The molecule has 0 heterocycles. The van der Waals surface area contributed by atoms with Crippen LogP contribution in [0.5, 0.6) is 0 Å². The third-order valence-corrected chi connectivity index (χ3v) is 11.8. The van der Waals surface area contributed by atoms with Gasteiger partial charge in [-0.05, 0) is 64.2 Å². The lowest BCUT2D eigenvalue weighted by Gasteiger charge is -2.18. The molecule has 0 aliphatic carbocycles. The second-order valence-electron chi connectivity index (χ2n) is 18.3. The molecule has 1 unspecified atom stereocenters. The summed E-state index contributed by atoms with van der Waals surface area (Å²) < 4.78 is 16.8. The minimum absolute atomic E-state index is 0.0958. The molecule has 0 aromatic rings. The van der Waals surface area contributed by atoms with Crippen LogP contribution >= 0.6 is 0 Å². The van der Waals surface area contributed by atoms with Gasteiger partial charge in [0.05, 0.1) is 0 Å². The van der Waals surface area contributed by atoms with Crippen molar-refractivity contribution in [1.29, 1.82) is 0 Å². The van der Waals surface area contributed by atoms with E-state index in [-0.39, 0.29) is 37.5 Å². The molecule has 378 valence electrons. The molecule has 0 aliphatic rings. The Morgan fingerprint density at radius 1 is 0.318 bits per heavy atom. The Morgan fingerprint density at radius 2 is 0.606 bits per heavy atom.